The molecule has 0 aliphatic rings. The molecule has 0 bridgehead atoms. The molecule has 102 valence electrons. The summed E-state index contributed by atoms with van der Waals surface area (Å²) in [6, 6.07) is 7.68. The van der Waals surface area contributed by atoms with Gasteiger partial charge in [-0.05, 0) is 6.07 Å². The highest BCUT2D eigenvalue weighted by molar-refractivity contribution is 7.98. The standard InChI is InChI=1S/C12H10ClN5S2/c13-8-4-2-1-3-7(8)9-5-19-10(15-9)6-20-12-16-11(14)17-18-12/h1-5H,6H2,(H3,14,16,17,18). The van der Waals surface area contributed by atoms with Gasteiger partial charge in [-0.2, -0.15) is 4.98 Å². The minimum absolute atomic E-state index is 0.323. The van der Waals surface area contributed by atoms with E-state index in [2.05, 4.69) is 20.2 Å². The SMILES string of the molecule is Nc1nc(SCc2nc(-c3ccccc3Cl)cs2)n[nH]1. The van der Waals surface area contributed by atoms with Gasteiger partial charge in [-0.3, -0.25) is 0 Å². The molecule has 0 unspecified atom stereocenters. The van der Waals surface area contributed by atoms with Gasteiger partial charge in [0.2, 0.25) is 11.1 Å². The van der Waals surface area contributed by atoms with E-state index in [4.69, 9.17) is 17.3 Å². The number of hydrogen-bond donors (Lipinski definition) is 2. The van der Waals surface area contributed by atoms with Crippen molar-refractivity contribution in [3.05, 3.63) is 39.7 Å². The Morgan fingerprint density at radius 1 is 1.30 bits per heavy atom. The maximum absolute atomic E-state index is 6.17. The van der Waals surface area contributed by atoms with Gasteiger partial charge in [-0.1, -0.05) is 41.6 Å². The molecule has 0 aliphatic carbocycles. The van der Waals surface area contributed by atoms with Crippen LogP contribution < -0.4 is 5.73 Å². The number of anilines is 1. The van der Waals surface area contributed by atoms with Crippen LogP contribution in [0.2, 0.25) is 5.02 Å². The molecule has 0 spiro atoms. The fraction of sp³-hybridized carbons (Fsp3) is 0.0833. The molecule has 3 rings (SSSR count). The Bertz CT molecular complexity index is 724. The van der Waals surface area contributed by atoms with Crippen LogP contribution >= 0.6 is 34.7 Å². The fourth-order valence-corrected chi connectivity index (χ4v) is 3.47. The molecule has 0 aliphatic heterocycles. The number of aromatic nitrogens is 4. The number of nitrogens with one attached hydrogen (secondary N) is 1. The summed E-state index contributed by atoms with van der Waals surface area (Å²) in [5.41, 5.74) is 7.32. The Morgan fingerprint density at radius 3 is 2.90 bits per heavy atom. The second kappa shape index (κ2) is 5.82. The zero-order valence-corrected chi connectivity index (χ0v) is 12.6. The van der Waals surface area contributed by atoms with E-state index in [-0.39, 0.29) is 0 Å². The van der Waals surface area contributed by atoms with Gasteiger partial charge >= 0.3 is 0 Å². The molecule has 1 aromatic carbocycles. The Labute approximate surface area is 128 Å². The summed E-state index contributed by atoms with van der Waals surface area (Å²) in [6.07, 6.45) is 0. The van der Waals surface area contributed by atoms with Gasteiger partial charge in [0.1, 0.15) is 5.01 Å². The van der Waals surface area contributed by atoms with Gasteiger partial charge in [0.05, 0.1) is 11.4 Å². The molecule has 0 saturated heterocycles. The summed E-state index contributed by atoms with van der Waals surface area (Å²) in [5.74, 6) is 1.02. The highest BCUT2D eigenvalue weighted by Crippen LogP contribution is 2.30. The molecular formula is C12H10ClN5S2. The number of benzene rings is 1. The van der Waals surface area contributed by atoms with Gasteiger partial charge in [-0.25, -0.2) is 10.1 Å². The molecule has 2 heterocycles. The molecular weight excluding hydrogens is 314 g/mol. The zero-order valence-electron chi connectivity index (χ0n) is 10.2. The third-order valence-corrected chi connectivity index (χ3v) is 4.73. The maximum atomic E-state index is 6.17. The summed E-state index contributed by atoms with van der Waals surface area (Å²) in [4.78, 5) is 8.61. The maximum Gasteiger partial charge on any atom is 0.216 e. The van der Waals surface area contributed by atoms with Crippen molar-refractivity contribution in [1.82, 2.24) is 20.2 Å². The lowest BCUT2D eigenvalue weighted by Gasteiger charge is -1.98. The molecule has 2 aromatic heterocycles. The monoisotopic (exact) mass is 323 g/mol. The number of thioether (sulfide) groups is 1. The molecule has 0 amide bonds. The van der Waals surface area contributed by atoms with E-state index < -0.39 is 0 Å². The number of nitrogens with two attached hydrogens (primary N) is 1. The van der Waals surface area contributed by atoms with Crippen LogP contribution in [0.5, 0.6) is 0 Å². The van der Waals surface area contributed by atoms with Crippen molar-refractivity contribution in [2.75, 3.05) is 5.73 Å². The highest BCUT2D eigenvalue weighted by atomic mass is 35.5. The molecule has 0 saturated carbocycles. The van der Waals surface area contributed by atoms with Gasteiger partial charge in [-0.15, -0.1) is 16.4 Å². The predicted octanol–water partition coefficient (Wildman–Crippen LogP) is 3.46. The highest BCUT2D eigenvalue weighted by Gasteiger charge is 2.09. The van der Waals surface area contributed by atoms with Crippen molar-refractivity contribution in [3.63, 3.8) is 0 Å². The molecule has 0 radical (unpaired) electrons. The lowest BCUT2D eigenvalue weighted by atomic mass is 10.2. The molecule has 5 nitrogen and oxygen atoms in total. The number of rotatable bonds is 4. The summed E-state index contributed by atoms with van der Waals surface area (Å²) in [5, 5.41) is 10.9. The summed E-state index contributed by atoms with van der Waals surface area (Å²) in [7, 11) is 0. The molecule has 3 aromatic rings. The number of halogens is 1. The molecule has 0 fully saturated rings. The minimum atomic E-state index is 0.323. The van der Waals surface area contributed by atoms with Crippen molar-refractivity contribution in [2.24, 2.45) is 0 Å². The van der Waals surface area contributed by atoms with E-state index in [0.29, 0.717) is 21.9 Å². The van der Waals surface area contributed by atoms with Gasteiger partial charge in [0.15, 0.2) is 0 Å². The van der Waals surface area contributed by atoms with Gasteiger partial charge in [0.25, 0.3) is 0 Å². The third kappa shape index (κ3) is 2.95. The Hall–Kier alpha value is -1.57. The first kappa shape index (κ1) is 13.4. The number of thiazole rings is 1. The third-order valence-electron chi connectivity index (χ3n) is 2.51. The number of H-pyrrole nitrogens is 1. The number of aromatic amines is 1. The van der Waals surface area contributed by atoms with Crippen molar-refractivity contribution in [1.29, 1.82) is 0 Å². The number of hydrogen-bond acceptors (Lipinski definition) is 6. The molecule has 20 heavy (non-hydrogen) atoms. The summed E-state index contributed by atoms with van der Waals surface area (Å²) < 4.78 is 0. The van der Waals surface area contributed by atoms with Crippen molar-refractivity contribution < 1.29 is 0 Å². The average molecular weight is 324 g/mol. The van der Waals surface area contributed by atoms with E-state index in [9.17, 15) is 0 Å². The van der Waals surface area contributed by atoms with Gasteiger partial charge in [0, 0.05) is 16.0 Å². The quantitative estimate of drug-likeness (QED) is 0.719. The van der Waals surface area contributed by atoms with Crippen LogP contribution in [0, 0.1) is 0 Å². The Morgan fingerprint density at radius 2 is 2.15 bits per heavy atom. The van der Waals surface area contributed by atoms with E-state index in [1.807, 2.05) is 29.6 Å². The lowest BCUT2D eigenvalue weighted by Crippen LogP contribution is -1.85. The first-order chi connectivity index (χ1) is 9.72. The first-order valence-corrected chi connectivity index (χ1v) is 7.96. The molecule has 8 heteroatoms. The smallest absolute Gasteiger partial charge is 0.216 e. The lowest BCUT2D eigenvalue weighted by molar-refractivity contribution is 0.973. The van der Waals surface area contributed by atoms with Crippen LogP contribution in [-0.2, 0) is 5.75 Å². The van der Waals surface area contributed by atoms with E-state index >= 15 is 0 Å². The second-order valence-corrected chi connectivity index (χ2v) is 6.19. The van der Waals surface area contributed by atoms with Crippen molar-refractivity contribution in [2.45, 2.75) is 10.9 Å². The largest absolute Gasteiger partial charge is 0.368 e. The van der Waals surface area contributed by atoms with Crippen molar-refractivity contribution >= 4 is 40.6 Å². The van der Waals surface area contributed by atoms with E-state index in [0.717, 1.165) is 16.3 Å². The van der Waals surface area contributed by atoms with E-state index in [1.54, 1.807) is 11.3 Å². The number of nitrogens with zero attached hydrogens (tertiary/aromatic N) is 3. The van der Waals surface area contributed by atoms with Crippen LogP contribution in [0.4, 0.5) is 5.95 Å². The average Bonchev–Trinajstić information content (AvgIpc) is 3.06. The van der Waals surface area contributed by atoms with Crippen LogP contribution in [0.15, 0.2) is 34.8 Å². The minimum Gasteiger partial charge on any atom is -0.368 e. The Balaban J connectivity index is 1.72. The fourth-order valence-electron chi connectivity index (χ4n) is 1.62. The predicted molar refractivity (Wildman–Crippen MR) is 82.9 cm³/mol. The van der Waals surface area contributed by atoms with Crippen LogP contribution in [0.3, 0.4) is 0 Å². The Kier molecular flexibility index (Phi) is 3.90. The van der Waals surface area contributed by atoms with Crippen LogP contribution in [0.25, 0.3) is 11.3 Å². The van der Waals surface area contributed by atoms with Crippen LogP contribution in [0.1, 0.15) is 5.01 Å². The zero-order chi connectivity index (χ0) is 13.9. The first-order valence-electron chi connectivity index (χ1n) is 5.72. The summed E-state index contributed by atoms with van der Waals surface area (Å²) in [6.45, 7) is 0. The molecule has 3 N–H and O–H groups in total. The number of nitrogen functional groups attached to an aromatic ring is 1. The van der Waals surface area contributed by atoms with Gasteiger partial charge < -0.3 is 5.73 Å². The topological polar surface area (TPSA) is 80.5 Å². The normalized spacial score (nSPS) is 10.8. The second-order valence-electron chi connectivity index (χ2n) is 3.90. The van der Waals surface area contributed by atoms with Crippen molar-refractivity contribution in [3.8, 4) is 11.3 Å². The molecule has 0 atom stereocenters. The summed E-state index contributed by atoms with van der Waals surface area (Å²) >= 11 is 9.25. The van der Waals surface area contributed by atoms with Crippen LogP contribution in [-0.4, -0.2) is 20.2 Å². The van der Waals surface area contributed by atoms with E-state index in [1.165, 1.54) is 11.8 Å².